The first-order chi connectivity index (χ1) is 15.5. The van der Waals surface area contributed by atoms with Crippen LogP contribution in [0.3, 0.4) is 0 Å². The van der Waals surface area contributed by atoms with Gasteiger partial charge >= 0.3 is 13.1 Å². The number of rotatable bonds is 11. The molecular formula is C24H36BNO6. The largest absolute Gasteiger partial charge is 0.488 e. The first-order valence-corrected chi connectivity index (χ1v) is 11.8. The maximum absolute atomic E-state index is 10.7. The Morgan fingerprint density at radius 1 is 1.03 bits per heavy atom. The van der Waals surface area contributed by atoms with E-state index in [1.165, 1.54) is 25.7 Å². The number of carbonyl (C=O) groups is 1. The lowest BCUT2D eigenvalue weighted by Crippen LogP contribution is -2.45. The van der Waals surface area contributed by atoms with Crippen LogP contribution in [0.25, 0.3) is 0 Å². The fourth-order valence-corrected chi connectivity index (χ4v) is 4.67. The Labute approximate surface area is 191 Å². The number of benzene rings is 1. The van der Waals surface area contributed by atoms with Crippen LogP contribution in [-0.2, 0) is 20.9 Å². The number of nitrogens with zero attached hydrogens (tertiary/aromatic N) is 1. The number of allylic oxidation sites excluding steroid dienone is 1. The van der Waals surface area contributed by atoms with Crippen molar-refractivity contribution in [3.63, 3.8) is 0 Å². The van der Waals surface area contributed by atoms with Crippen molar-refractivity contribution in [2.45, 2.75) is 76.2 Å². The van der Waals surface area contributed by atoms with E-state index in [1.54, 1.807) is 12.1 Å². The van der Waals surface area contributed by atoms with Gasteiger partial charge in [-0.2, -0.15) is 0 Å². The fourth-order valence-electron chi connectivity index (χ4n) is 4.67. The van der Waals surface area contributed by atoms with Gasteiger partial charge < -0.3 is 24.6 Å². The van der Waals surface area contributed by atoms with Crippen molar-refractivity contribution in [3.8, 4) is 0 Å². The van der Waals surface area contributed by atoms with E-state index in [9.17, 15) is 14.8 Å². The van der Waals surface area contributed by atoms with Crippen molar-refractivity contribution in [2.24, 2.45) is 0 Å². The Hall–Kier alpha value is -1.71. The summed E-state index contributed by atoms with van der Waals surface area (Å²) in [6, 6.07) is 7.47. The van der Waals surface area contributed by atoms with Crippen LogP contribution in [0.5, 0.6) is 0 Å². The van der Waals surface area contributed by atoms with E-state index in [-0.39, 0.29) is 18.6 Å². The van der Waals surface area contributed by atoms with Gasteiger partial charge in [0.05, 0.1) is 25.4 Å². The highest BCUT2D eigenvalue weighted by atomic mass is 16.5. The normalized spacial score (nSPS) is 24.6. The molecule has 1 saturated carbocycles. The van der Waals surface area contributed by atoms with Crippen molar-refractivity contribution in [3.05, 3.63) is 42.0 Å². The van der Waals surface area contributed by atoms with Crippen molar-refractivity contribution in [1.29, 1.82) is 0 Å². The molecule has 2 fully saturated rings. The third-order valence-electron chi connectivity index (χ3n) is 6.42. The SMILES string of the molecule is O=C(O)CC/C=C\CO[C@H]1[C@@H](OCc2ccc(B(O)O)cc2)CC[C@@H]1N1CCCCCC1. The van der Waals surface area contributed by atoms with Crippen LogP contribution in [-0.4, -0.2) is 71.1 Å². The first kappa shape index (κ1) is 24.9. The summed E-state index contributed by atoms with van der Waals surface area (Å²) in [5, 5.41) is 27.3. The van der Waals surface area contributed by atoms with Crippen LogP contribution in [0.4, 0.5) is 0 Å². The number of carboxylic acids is 1. The number of aliphatic carboxylic acids is 1. The maximum Gasteiger partial charge on any atom is 0.488 e. The average Bonchev–Trinajstić information content (AvgIpc) is 2.98. The minimum Gasteiger partial charge on any atom is -0.481 e. The Morgan fingerprint density at radius 2 is 1.75 bits per heavy atom. The fraction of sp³-hybridized carbons (Fsp3) is 0.625. The first-order valence-electron chi connectivity index (χ1n) is 11.8. The predicted molar refractivity (Wildman–Crippen MR) is 124 cm³/mol. The zero-order chi connectivity index (χ0) is 22.8. The molecule has 3 N–H and O–H groups in total. The van der Waals surface area contributed by atoms with Crippen molar-refractivity contribution >= 4 is 18.6 Å². The molecule has 0 amide bonds. The van der Waals surface area contributed by atoms with Crippen molar-refractivity contribution < 1.29 is 29.4 Å². The molecule has 1 aromatic rings. The molecule has 0 bridgehead atoms. The number of hydrogen-bond donors (Lipinski definition) is 3. The molecule has 1 heterocycles. The van der Waals surface area contributed by atoms with E-state index in [0.29, 0.717) is 31.1 Å². The molecule has 3 rings (SSSR count). The minimum atomic E-state index is -1.46. The highest BCUT2D eigenvalue weighted by Crippen LogP contribution is 2.31. The van der Waals surface area contributed by atoms with Crippen LogP contribution >= 0.6 is 0 Å². The Kier molecular flexibility index (Phi) is 10.2. The van der Waals surface area contributed by atoms with Gasteiger partial charge in [0.15, 0.2) is 0 Å². The molecule has 2 aliphatic rings. The third-order valence-corrected chi connectivity index (χ3v) is 6.42. The predicted octanol–water partition coefficient (Wildman–Crippen LogP) is 2.10. The van der Waals surface area contributed by atoms with Gasteiger partial charge in [0.25, 0.3) is 0 Å². The second kappa shape index (κ2) is 13.1. The quantitative estimate of drug-likeness (QED) is 0.354. The highest BCUT2D eigenvalue weighted by molar-refractivity contribution is 6.58. The monoisotopic (exact) mass is 445 g/mol. The third kappa shape index (κ3) is 7.71. The van der Waals surface area contributed by atoms with E-state index in [1.807, 2.05) is 24.3 Å². The molecule has 32 heavy (non-hydrogen) atoms. The van der Waals surface area contributed by atoms with Crippen LogP contribution in [0.1, 0.15) is 56.9 Å². The van der Waals surface area contributed by atoms with Gasteiger partial charge in [0.1, 0.15) is 0 Å². The van der Waals surface area contributed by atoms with Gasteiger partial charge in [-0.25, -0.2) is 0 Å². The topological polar surface area (TPSA) is 99.5 Å². The number of hydrogen-bond acceptors (Lipinski definition) is 6. The molecule has 3 atom stereocenters. The zero-order valence-corrected chi connectivity index (χ0v) is 18.8. The number of ether oxygens (including phenoxy) is 2. The summed E-state index contributed by atoms with van der Waals surface area (Å²) >= 11 is 0. The summed E-state index contributed by atoms with van der Waals surface area (Å²) in [6.45, 7) is 3.12. The van der Waals surface area contributed by atoms with Gasteiger partial charge in [-0.3, -0.25) is 9.69 Å². The Morgan fingerprint density at radius 3 is 2.41 bits per heavy atom. The molecule has 7 nitrogen and oxygen atoms in total. The molecule has 1 aromatic carbocycles. The summed E-state index contributed by atoms with van der Waals surface area (Å²) in [4.78, 5) is 13.2. The van der Waals surface area contributed by atoms with Crippen LogP contribution in [0.2, 0.25) is 0 Å². The summed E-state index contributed by atoms with van der Waals surface area (Å²) in [5.74, 6) is -0.789. The second-order valence-electron chi connectivity index (χ2n) is 8.76. The minimum absolute atomic E-state index is 0.00113. The molecule has 0 spiro atoms. The average molecular weight is 445 g/mol. The summed E-state index contributed by atoms with van der Waals surface area (Å²) in [5.41, 5.74) is 1.45. The molecular weight excluding hydrogens is 409 g/mol. The van der Waals surface area contributed by atoms with E-state index < -0.39 is 13.1 Å². The van der Waals surface area contributed by atoms with Gasteiger partial charge in [0, 0.05) is 12.5 Å². The van der Waals surface area contributed by atoms with Crippen LogP contribution in [0, 0.1) is 0 Å². The van der Waals surface area contributed by atoms with Gasteiger partial charge in [-0.1, -0.05) is 49.3 Å². The lowest BCUT2D eigenvalue weighted by atomic mass is 9.80. The molecule has 8 heteroatoms. The summed E-state index contributed by atoms with van der Waals surface area (Å²) < 4.78 is 12.6. The van der Waals surface area contributed by atoms with Gasteiger partial charge in [-0.05, 0) is 56.2 Å². The summed E-state index contributed by atoms with van der Waals surface area (Å²) in [7, 11) is -1.46. The van der Waals surface area contributed by atoms with E-state index in [0.717, 1.165) is 31.5 Å². The molecule has 0 radical (unpaired) electrons. The van der Waals surface area contributed by atoms with E-state index in [4.69, 9.17) is 14.6 Å². The molecule has 1 saturated heterocycles. The molecule has 176 valence electrons. The zero-order valence-electron chi connectivity index (χ0n) is 18.8. The summed E-state index contributed by atoms with van der Waals surface area (Å²) in [6.07, 6.45) is 11.4. The lowest BCUT2D eigenvalue weighted by Gasteiger charge is -2.33. The van der Waals surface area contributed by atoms with Crippen molar-refractivity contribution in [2.75, 3.05) is 19.7 Å². The lowest BCUT2D eigenvalue weighted by molar-refractivity contribution is -0.136. The Balaban J connectivity index is 1.58. The molecule has 1 aliphatic heterocycles. The van der Waals surface area contributed by atoms with Crippen molar-refractivity contribution in [1.82, 2.24) is 4.90 Å². The van der Waals surface area contributed by atoms with Gasteiger partial charge in [0.2, 0.25) is 0 Å². The molecule has 0 aromatic heterocycles. The van der Waals surface area contributed by atoms with E-state index in [2.05, 4.69) is 4.90 Å². The van der Waals surface area contributed by atoms with E-state index >= 15 is 0 Å². The molecule has 0 unspecified atom stereocenters. The smallest absolute Gasteiger partial charge is 0.481 e. The number of carboxylic acid groups (broad SMARTS) is 1. The van der Waals surface area contributed by atoms with Gasteiger partial charge in [-0.15, -0.1) is 0 Å². The van der Waals surface area contributed by atoms with Crippen LogP contribution in [0.15, 0.2) is 36.4 Å². The second-order valence-corrected chi connectivity index (χ2v) is 8.76. The standard InChI is InChI=1S/C24H36BNO6/c27-23(28)8-4-3-7-17-31-24-21(26-15-5-1-2-6-16-26)13-14-22(24)32-18-19-9-11-20(12-10-19)25(29)30/h3,7,9-12,21-22,24,29-30H,1-2,4-6,8,13-18H2,(H,27,28)/b7-3-/t21-,22-,24+/m0/s1. The highest BCUT2D eigenvalue weighted by Gasteiger charge is 2.40. The Bertz CT molecular complexity index is 718. The molecule has 1 aliphatic carbocycles. The maximum atomic E-state index is 10.7. The van der Waals surface area contributed by atoms with Crippen LogP contribution < -0.4 is 5.46 Å². The number of likely N-dealkylation sites (tertiary alicyclic amines) is 1.